The lowest BCUT2D eigenvalue weighted by Crippen LogP contribution is -2.36. The average Bonchev–Trinajstić information content (AvgIpc) is 2.82. The number of rotatable bonds is 4. The summed E-state index contributed by atoms with van der Waals surface area (Å²) in [6, 6.07) is 0. The normalized spacial score (nSPS) is 28.8. The molecule has 1 aliphatic rings. The van der Waals surface area contributed by atoms with Crippen molar-refractivity contribution in [2.24, 2.45) is 0 Å². The summed E-state index contributed by atoms with van der Waals surface area (Å²) in [5.74, 6) is 0. The average molecular weight is 305 g/mol. The molecule has 6 heteroatoms. The van der Waals surface area contributed by atoms with Gasteiger partial charge in [0.05, 0.1) is 42.2 Å². The van der Waals surface area contributed by atoms with Crippen LogP contribution in [-0.4, -0.2) is 41.3 Å². The molecule has 0 aromatic carbocycles. The van der Waals surface area contributed by atoms with Crippen molar-refractivity contribution < 1.29 is 14.6 Å². The van der Waals surface area contributed by atoms with Crippen LogP contribution in [-0.2, 0) is 21.6 Å². The van der Waals surface area contributed by atoms with Gasteiger partial charge in [0.25, 0.3) is 0 Å². The summed E-state index contributed by atoms with van der Waals surface area (Å²) < 4.78 is 13.1. The molecule has 0 radical (unpaired) electrons. The van der Waals surface area contributed by atoms with Gasteiger partial charge >= 0.3 is 0 Å². The first-order chi connectivity index (χ1) is 8.09. The molecule has 1 aliphatic heterocycles. The maximum Gasteiger partial charge on any atom is 0.135 e. The van der Waals surface area contributed by atoms with E-state index in [4.69, 9.17) is 9.47 Å². The first-order valence-electron chi connectivity index (χ1n) is 5.64. The fourth-order valence-electron chi connectivity index (χ4n) is 2.18. The Labute approximate surface area is 109 Å². The first-order valence-corrected chi connectivity index (χ1v) is 6.43. The van der Waals surface area contributed by atoms with Gasteiger partial charge in [-0.1, -0.05) is 0 Å². The Kier molecular flexibility index (Phi) is 3.87. The highest BCUT2D eigenvalue weighted by Gasteiger charge is 2.45. The quantitative estimate of drug-likeness (QED) is 0.911. The number of aromatic nitrogens is 2. The van der Waals surface area contributed by atoms with E-state index in [0.717, 1.165) is 10.2 Å². The molecule has 2 unspecified atom stereocenters. The molecule has 5 nitrogen and oxygen atoms in total. The van der Waals surface area contributed by atoms with Crippen LogP contribution in [0.15, 0.2) is 10.7 Å². The summed E-state index contributed by atoms with van der Waals surface area (Å²) in [4.78, 5) is 0. The van der Waals surface area contributed by atoms with Crippen LogP contribution in [0.3, 0.4) is 0 Å². The number of halogens is 1. The molecule has 1 aromatic heterocycles. The minimum atomic E-state index is -0.969. The molecular weight excluding hydrogens is 288 g/mol. The highest BCUT2D eigenvalue weighted by molar-refractivity contribution is 9.10. The van der Waals surface area contributed by atoms with Crippen LogP contribution in [0.4, 0.5) is 0 Å². The fourth-order valence-corrected chi connectivity index (χ4v) is 2.82. The molecule has 0 spiro atoms. The number of methoxy groups -OCH3 is 1. The number of hydrogen-bond acceptors (Lipinski definition) is 4. The van der Waals surface area contributed by atoms with Crippen molar-refractivity contribution in [3.8, 4) is 0 Å². The predicted octanol–water partition coefficient (Wildman–Crippen LogP) is 1.29. The Balaban J connectivity index is 2.33. The topological polar surface area (TPSA) is 56.5 Å². The van der Waals surface area contributed by atoms with Crippen LogP contribution < -0.4 is 0 Å². The lowest BCUT2D eigenvalue weighted by molar-refractivity contribution is -0.0388. The summed E-state index contributed by atoms with van der Waals surface area (Å²) >= 11 is 3.44. The van der Waals surface area contributed by atoms with E-state index in [9.17, 15) is 5.11 Å². The summed E-state index contributed by atoms with van der Waals surface area (Å²) in [5, 5.41) is 15.0. The lowest BCUT2D eigenvalue weighted by atomic mass is 9.92. The molecule has 0 aliphatic carbocycles. The summed E-state index contributed by atoms with van der Waals surface area (Å²) in [7, 11) is 1.65. The van der Waals surface area contributed by atoms with Gasteiger partial charge in [0.1, 0.15) is 5.60 Å². The van der Waals surface area contributed by atoms with Crippen LogP contribution in [0, 0.1) is 0 Å². The molecule has 17 heavy (non-hydrogen) atoms. The SMILES string of the molecule is COCCn1ncc(Br)c1C1(O)CCOC1C. The Hall–Kier alpha value is -0.430. The van der Waals surface area contributed by atoms with E-state index in [1.807, 2.05) is 6.92 Å². The van der Waals surface area contributed by atoms with Crippen LogP contribution >= 0.6 is 15.9 Å². The van der Waals surface area contributed by atoms with Crippen LogP contribution in [0.2, 0.25) is 0 Å². The second-order valence-corrected chi connectivity index (χ2v) is 5.10. The first kappa shape index (κ1) is 13.0. The third-order valence-electron chi connectivity index (χ3n) is 3.24. The zero-order chi connectivity index (χ0) is 12.5. The monoisotopic (exact) mass is 304 g/mol. The van der Waals surface area contributed by atoms with Gasteiger partial charge in [-0.15, -0.1) is 0 Å². The van der Waals surface area contributed by atoms with Crippen molar-refractivity contribution in [2.75, 3.05) is 20.3 Å². The summed E-state index contributed by atoms with van der Waals surface area (Å²) in [6.45, 7) is 3.63. The molecule has 1 fully saturated rings. The second-order valence-electron chi connectivity index (χ2n) is 4.24. The van der Waals surface area contributed by atoms with E-state index in [-0.39, 0.29) is 6.10 Å². The van der Waals surface area contributed by atoms with Gasteiger partial charge in [-0.3, -0.25) is 4.68 Å². The van der Waals surface area contributed by atoms with E-state index >= 15 is 0 Å². The van der Waals surface area contributed by atoms with Crippen molar-refractivity contribution >= 4 is 15.9 Å². The predicted molar refractivity (Wildman–Crippen MR) is 65.7 cm³/mol. The molecule has 2 atom stereocenters. The van der Waals surface area contributed by atoms with Crippen LogP contribution in [0.5, 0.6) is 0 Å². The Morgan fingerprint density at radius 2 is 2.53 bits per heavy atom. The minimum Gasteiger partial charge on any atom is -0.383 e. The molecule has 1 saturated heterocycles. The van der Waals surface area contributed by atoms with Gasteiger partial charge in [-0.05, 0) is 22.9 Å². The van der Waals surface area contributed by atoms with Crippen LogP contribution in [0.1, 0.15) is 19.0 Å². The molecule has 0 amide bonds. The molecular formula is C11H17BrN2O3. The summed E-state index contributed by atoms with van der Waals surface area (Å²) in [5.41, 5.74) is -0.192. The largest absolute Gasteiger partial charge is 0.383 e. The Morgan fingerprint density at radius 1 is 1.76 bits per heavy atom. The zero-order valence-electron chi connectivity index (χ0n) is 10.0. The fraction of sp³-hybridized carbons (Fsp3) is 0.727. The molecule has 96 valence electrons. The van der Waals surface area contributed by atoms with E-state index in [2.05, 4.69) is 21.0 Å². The van der Waals surface area contributed by atoms with Gasteiger partial charge in [0, 0.05) is 13.5 Å². The smallest absolute Gasteiger partial charge is 0.135 e. The number of aliphatic hydroxyl groups is 1. The maximum atomic E-state index is 10.7. The van der Waals surface area contributed by atoms with E-state index < -0.39 is 5.60 Å². The molecule has 2 rings (SSSR count). The third-order valence-corrected chi connectivity index (χ3v) is 3.82. The third kappa shape index (κ3) is 2.27. The number of ether oxygens (including phenoxy) is 2. The van der Waals surface area contributed by atoms with Crippen LogP contribution in [0.25, 0.3) is 0 Å². The summed E-state index contributed by atoms with van der Waals surface area (Å²) in [6.07, 6.45) is 2.07. The maximum absolute atomic E-state index is 10.7. The second kappa shape index (κ2) is 5.06. The minimum absolute atomic E-state index is 0.225. The van der Waals surface area contributed by atoms with E-state index in [1.54, 1.807) is 18.0 Å². The number of hydrogen-bond donors (Lipinski definition) is 1. The highest BCUT2D eigenvalue weighted by atomic mass is 79.9. The Bertz CT molecular complexity index is 396. The van der Waals surface area contributed by atoms with Gasteiger partial charge in [-0.25, -0.2) is 0 Å². The van der Waals surface area contributed by atoms with Crippen molar-refractivity contribution in [1.29, 1.82) is 0 Å². The zero-order valence-corrected chi connectivity index (χ0v) is 11.6. The molecule has 0 bridgehead atoms. The molecule has 0 saturated carbocycles. The van der Waals surface area contributed by atoms with E-state index in [0.29, 0.717) is 26.2 Å². The highest BCUT2D eigenvalue weighted by Crippen LogP contribution is 2.39. The van der Waals surface area contributed by atoms with Gasteiger partial charge < -0.3 is 14.6 Å². The van der Waals surface area contributed by atoms with Gasteiger partial charge in [0.15, 0.2) is 0 Å². The van der Waals surface area contributed by atoms with Crippen molar-refractivity contribution in [3.05, 3.63) is 16.4 Å². The van der Waals surface area contributed by atoms with Crippen molar-refractivity contribution in [1.82, 2.24) is 9.78 Å². The number of nitrogens with zero attached hydrogens (tertiary/aromatic N) is 2. The standard InChI is InChI=1S/C11H17BrN2O3/c1-8-11(15,3-5-17-8)10-9(12)7-13-14(10)4-6-16-2/h7-8,15H,3-6H2,1-2H3. The molecule has 1 aromatic rings. The van der Waals surface area contributed by atoms with E-state index in [1.165, 1.54) is 0 Å². The molecule has 2 heterocycles. The Morgan fingerprint density at radius 3 is 3.12 bits per heavy atom. The lowest BCUT2D eigenvalue weighted by Gasteiger charge is -2.27. The van der Waals surface area contributed by atoms with Gasteiger partial charge in [0.2, 0.25) is 0 Å². The molecule has 1 N–H and O–H groups in total. The van der Waals surface area contributed by atoms with Gasteiger partial charge in [-0.2, -0.15) is 5.10 Å². The van der Waals surface area contributed by atoms with Crippen molar-refractivity contribution in [3.63, 3.8) is 0 Å². The van der Waals surface area contributed by atoms with Crippen molar-refractivity contribution in [2.45, 2.75) is 31.6 Å².